The molecule has 0 spiro atoms. The number of amides is 1. The zero-order valence-corrected chi connectivity index (χ0v) is 9.83. The molecule has 3 nitrogen and oxygen atoms in total. The summed E-state index contributed by atoms with van der Waals surface area (Å²) in [5.41, 5.74) is 2.19. The number of alkyl carbamates (subject to hydrolysis) is 1. The van der Waals surface area contributed by atoms with E-state index in [9.17, 15) is 4.79 Å². The topological polar surface area (TPSA) is 38.3 Å². The van der Waals surface area contributed by atoms with E-state index in [4.69, 9.17) is 4.74 Å². The average Bonchev–Trinajstić information content (AvgIpc) is 2.30. The summed E-state index contributed by atoms with van der Waals surface area (Å²) in [6.45, 7) is 6.34. The highest BCUT2D eigenvalue weighted by Crippen LogP contribution is 2.04. The van der Waals surface area contributed by atoms with Crippen LogP contribution in [0.15, 0.2) is 24.3 Å². The van der Waals surface area contributed by atoms with Crippen LogP contribution >= 0.6 is 0 Å². The molecule has 1 N–H and O–H groups in total. The third-order valence-electron chi connectivity index (χ3n) is 1.69. The van der Waals surface area contributed by atoms with Crippen molar-refractivity contribution in [3.8, 4) is 0 Å². The standard InChI is InChI=1S/C10H13NO2.C2H6/c1-8-3-5-9(6-4-8)7-13-10(12)11-2;1-2/h3-6H,7H2,1-2H3,(H,11,12);1-2H3. The molecule has 84 valence electrons. The Morgan fingerprint density at radius 2 is 1.80 bits per heavy atom. The molecule has 0 aliphatic rings. The molecule has 1 amide bonds. The molecule has 1 aromatic carbocycles. The largest absolute Gasteiger partial charge is 0.445 e. The van der Waals surface area contributed by atoms with Crippen LogP contribution in [0.25, 0.3) is 0 Å². The van der Waals surface area contributed by atoms with Crippen LogP contribution in [0.3, 0.4) is 0 Å². The highest BCUT2D eigenvalue weighted by atomic mass is 16.5. The Hall–Kier alpha value is -1.51. The van der Waals surface area contributed by atoms with Crippen molar-refractivity contribution in [1.82, 2.24) is 5.32 Å². The number of nitrogens with one attached hydrogen (secondary N) is 1. The average molecular weight is 209 g/mol. The van der Waals surface area contributed by atoms with E-state index in [-0.39, 0.29) is 0 Å². The second kappa shape index (κ2) is 7.85. The third kappa shape index (κ3) is 5.73. The lowest BCUT2D eigenvalue weighted by Gasteiger charge is -2.03. The van der Waals surface area contributed by atoms with E-state index < -0.39 is 6.09 Å². The van der Waals surface area contributed by atoms with Crippen molar-refractivity contribution < 1.29 is 9.53 Å². The van der Waals surface area contributed by atoms with Gasteiger partial charge in [0, 0.05) is 7.05 Å². The van der Waals surface area contributed by atoms with Gasteiger partial charge in [0.2, 0.25) is 0 Å². The highest BCUT2D eigenvalue weighted by molar-refractivity contribution is 5.66. The van der Waals surface area contributed by atoms with Gasteiger partial charge in [0.05, 0.1) is 0 Å². The Labute approximate surface area is 91.5 Å². The molecule has 1 aromatic rings. The molecule has 0 unspecified atom stereocenters. The normalized spacial score (nSPS) is 8.53. The lowest BCUT2D eigenvalue weighted by Crippen LogP contribution is -2.18. The predicted molar refractivity (Wildman–Crippen MR) is 61.8 cm³/mol. The fourth-order valence-electron chi connectivity index (χ4n) is 0.905. The van der Waals surface area contributed by atoms with Crippen molar-refractivity contribution in [3.63, 3.8) is 0 Å². The van der Waals surface area contributed by atoms with Crippen LogP contribution in [0, 0.1) is 6.92 Å². The van der Waals surface area contributed by atoms with Crippen LogP contribution in [0.2, 0.25) is 0 Å². The number of hydrogen-bond acceptors (Lipinski definition) is 2. The van der Waals surface area contributed by atoms with Crippen LogP contribution in [0.4, 0.5) is 4.79 Å². The Morgan fingerprint density at radius 3 is 2.27 bits per heavy atom. The second-order valence-corrected chi connectivity index (χ2v) is 2.81. The first kappa shape index (κ1) is 13.5. The summed E-state index contributed by atoms with van der Waals surface area (Å²) in [5, 5.41) is 2.39. The van der Waals surface area contributed by atoms with Crippen LogP contribution < -0.4 is 5.32 Å². The van der Waals surface area contributed by atoms with Gasteiger partial charge in [-0.3, -0.25) is 0 Å². The first-order valence-corrected chi connectivity index (χ1v) is 5.12. The quantitative estimate of drug-likeness (QED) is 0.813. The van der Waals surface area contributed by atoms with Gasteiger partial charge in [-0.25, -0.2) is 4.79 Å². The summed E-state index contributed by atoms with van der Waals surface area (Å²) in [6, 6.07) is 7.86. The summed E-state index contributed by atoms with van der Waals surface area (Å²) in [7, 11) is 1.54. The van der Waals surface area contributed by atoms with Crippen molar-refractivity contribution in [1.29, 1.82) is 0 Å². The summed E-state index contributed by atoms with van der Waals surface area (Å²) in [5.74, 6) is 0. The molecule has 15 heavy (non-hydrogen) atoms. The van der Waals surface area contributed by atoms with Gasteiger partial charge < -0.3 is 10.1 Å². The van der Waals surface area contributed by atoms with Gasteiger partial charge in [0.15, 0.2) is 0 Å². The molecule has 0 radical (unpaired) electrons. The van der Waals surface area contributed by atoms with Crippen molar-refractivity contribution in [2.24, 2.45) is 0 Å². The van der Waals surface area contributed by atoms with Crippen molar-refractivity contribution in [3.05, 3.63) is 35.4 Å². The lowest BCUT2D eigenvalue weighted by atomic mass is 10.2. The van der Waals surface area contributed by atoms with Gasteiger partial charge in [-0.2, -0.15) is 0 Å². The van der Waals surface area contributed by atoms with Gasteiger partial charge in [0.1, 0.15) is 6.61 Å². The maximum absolute atomic E-state index is 10.7. The monoisotopic (exact) mass is 209 g/mol. The highest BCUT2D eigenvalue weighted by Gasteiger charge is 1.97. The summed E-state index contributed by atoms with van der Waals surface area (Å²) in [6.07, 6.45) is -0.402. The van der Waals surface area contributed by atoms with E-state index in [1.807, 2.05) is 45.0 Å². The van der Waals surface area contributed by atoms with E-state index in [0.717, 1.165) is 5.56 Å². The van der Waals surface area contributed by atoms with Crippen LogP contribution in [0.1, 0.15) is 25.0 Å². The Balaban J connectivity index is 0.000000921. The van der Waals surface area contributed by atoms with E-state index in [1.165, 1.54) is 12.6 Å². The summed E-state index contributed by atoms with van der Waals surface area (Å²) in [4.78, 5) is 10.7. The van der Waals surface area contributed by atoms with Crippen LogP contribution in [-0.2, 0) is 11.3 Å². The van der Waals surface area contributed by atoms with Gasteiger partial charge in [0.25, 0.3) is 0 Å². The third-order valence-corrected chi connectivity index (χ3v) is 1.69. The van der Waals surface area contributed by atoms with E-state index in [2.05, 4.69) is 5.32 Å². The number of benzene rings is 1. The molecule has 0 saturated heterocycles. The zero-order chi connectivity index (χ0) is 11.7. The van der Waals surface area contributed by atoms with Crippen molar-refractivity contribution >= 4 is 6.09 Å². The second-order valence-electron chi connectivity index (χ2n) is 2.81. The first-order chi connectivity index (χ1) is 7.22. The fourth-order valence-corrected chi connectivity index (χ4v) is 0.905. The molecule has 0 saturated carbocycles. The fraction of sp³-hybridized carbons (Fsp3) is 0.417. The van der Waals surface area contributed by atoms with Gasteiger partial charge in [-0.05, 0) is 12.5 Å². The Kier molecular flexibility index (Phi) is 7.06. The van der Waals surface area contributed by atoms with Crippen molar-refractivity contribution in [2.45, 2.75) is 27.4 Å². The van der Waals surface area contributed by atoms with Gasteiger partial charge in [-0.15, -0.1) is 0 Å². The minimum Gasteiger partial charge on any atom is -0.445 e. The zero-order valence-electron chi connectivity index (χ0n) is 9.83. The molecule has 1 rings (SSSR count). The Bertz CT molecular complexity index is 280. The summed E-state index contributed by atoms with van der Waals surface area (Å²) >= 11 is 0. The number of aryl methyl sites for hydroxylation is 1. The van der Waals surface area contributed by atoms with Crippen LogP contribution in [0.5, 0.6) is 0 Å². The molecule has 0 aromatic heterocycles. The van der Waals surface area contributed by atoms with Crippen molar-refractivity contribution in [2.75, 3.05) is 7.05 Å². The molecule has 0 heterocycles. The molecule has 0 aliphatic heterocycles. The van der Waals surface area contributed by atoms with Gasteiger partial charge >= 0.3 is 6.09 Å². The number of rotatable bonds is 2. The van der Waals surface area contributed by atoms with E-state index in [0.29, 0.717) is 6.61 Å². The first-order valence-electron chi connectivity index (χ1n) is 5.12. The van der Waals surface area contributed by atoms with Gasteiger partial charge in [-0.1, -0.05) is 43.7 Å². The Morgan fingerprint density at radius 1 is 1.27 bits per heavy atom. The lowest BCUT2D eigenvalue weighted by molar-refractivity contribution is 0.142. The molecule has 0 aliphatic carbocycles. The van der Waals surface area contributed by atoms with E-state index in [1.54, 1.807) is 0 Å². The van der Waals surface area contributed by atoms with Crippen LogP contribution in [-0.4, -0.2) is 13.1 Å². The predicted octanol–water partition coefficient (Wildman–Crippen LogP) is 2.88. The maximum atomic E-state index is 10.7. The minimum atomic E-state index is -0.402. The number of ether oxygens (including phenoxy) is 1. The smallest absolute Gasteiger partial charge is 0.407 e. The molecule has 0 atom stereocenters. The molecular formula is C12H19NO2. The molecule has 0 bridgehead atoms. The number of carbonyl (C=O) groups excluding carboxylic acids is 1. The van der Waals surface area contributed by atoms with E-state index >= 15 is 0 Å². The molecule has 3 heteroatoms. The number of hydrogen-bond donors (Lipinski definition) is 1. The number of carbonyl (C=O) groups is 1. The maximum Gasteiger partial charge on any atom is 0.407 e. The molecule has 0 fully saturated rings. The minimum absolute atomic E-state index is 0.319. The SMILES string of the molecule is CC.CNC(=O)OCc1ccc(C)cc1. The molecular weight excluding hydrogens is 190 g/mol. The summed E-state index contributed by atoms with van der Waals surface area (Å²) < 4.78 is 4.87.